The molecule has 0 saturated carbocycles. The van der Waals surface area contributed by atoms with Crippen LogP contribution < -0.4 is 5.32 Å². The molecule has 0 aliphatic heterocycles. The lowest BCUT2D eigenvalue weighted by Gasteiger charge is -2.14. The molecule has 0 unspecified atom stereocenters. The fourth-order valence-corrected chi connectivity index (χ4v) is 3.05. The van der Waals surface area contributed by atoms with Gasteiger partial charge in [0.25, 0.3) is 0 Å². The van der Waals surface area contributed by atoms with Crippen LogP contribution in [0.5, 0.6) is 0 Å². The normalized spacial score (nSPS) is 11.9. The van der Waals surface area contributed by atoms with Crippen LogP contribution in [0.25, 0.3) is 0 Å². The minimum atomic E-state index is -4.38. The van der Waals surface area contributed by atoms with Crippen molar-refractivity contribution in [2.24, 2.45) is 7.05 Å². The molecule has 0 aliphatic rings. The van der Waals surface area contributed by atoms with Crippen LogP contribution in [0.4, 0.5) is 13.2 Å². The summed E-state index contributed by atoms with van der Waals surface area (Å²) in [6, 6.07) is 6.19. The third-order valence-corrected chi connectivity index (χ3v) is 4.07. The van der Waals surface area contributed by atoms with E-state index in [-0.39, 0.29) is 4.90 Å². The second-order valence-corrected chi connectivity index (χ2v) is 5.77. The van der Waals surface area contributed by atoms with Gasteiger partial charge in [-0.15, -0.1) is 0 Å². The molecular weight excluding hydrogens is 299 g/mol. The van der Waals surface area contributed by atoms with Gasteiger partial charge in [-0.2, -0.15) is 18.3 Å². The molecule has 0 amide bonds. The summed E-state index contributed by atoms with van der Waals surface area (Å²) < 4.78 is 41.2. The Hall–Kier alpha value is -1.47. The van der Waals surface area contributed by atoms with Crippen molar-refractivity contribution in [3.8, 4) is 0 Å². The number of nitrogens with one attached hydrogen (secondary N) is 1. The molecule has 0 saturated heterocycles. The maximum Gasteiger partial charge on any atom is 0.417 e. The molecule has 0 spiro atoms. The van der Waals surface area contributed by atoms with Crippen LogP contribution in [0.15, 0.2) is 34.2 Å². The Morgan fingerprint density at radius 1 is 1.29 bits per heavy atom. The number of rotatable bonds is 4. The van der Waals surface area contributed by atoms with E-state index < -0.39 is 11.7 Å². The molecule has 7 heteroatoms. The third kappa shape index (κ3) is 3.79. The minimum absolute atomic E-state index is 0.186. The molecular formula is C14H16F3N3S. The summed E-state index contributed by atoms with van der Waals surface area (Å²) in [5.41, 5.74) is 0.773. The lowest BCUT2D eigenvalue weighted by molar-refractivity contribution is -0.139. The van der Waals surface area contributed by atoms with Crippen molar-refractivity contribution < 1.29 is 13.2 Å². The van der Waals surface area contributed by atoms with E-state index in [4.69, 9.17) is 0 Å². The van der Waals surface area contributed by atoms with Gasteiger partial charge in [0, 0.05) is 18.5 Å². The van der Waals surface area contributed by atoms with Crippen LogP contribution in [-0.4, -0.2) is 16.8 Å². The van der Waals surface area contributed by atoms with E-state index in [1.54, 1.807) is 30.9 Å². The Bertz CT molecular complexity index is 635. The third-order valence-electron chi connectivity index (χ3n) is 2.90. The number of hydrogen-bond donors (Lipinski definition) is 1. The van der Waals surface area contributed by atoms with Crippen LogP contribution >= 0.6 is 11.8 Å². The van der Waals surface area contributed by atoms with Crippen molar-refractivity contribution in [2.75, 3.05) is 7.05 Å². The Balaban J connectivity index is 2.40. The largest absolute Gasteiger partial charge is 0.417 e. The SMILES string of the molecule is CNCc1ccc(Sc2cc(C)nn2C)c(C(F)(F)F)c1. The topological polar surface area (TPSA) is 29.9 Å². The van der Waals surface area contributed by atoms with Gasteiger partial charge in [0.2, 0.25) is 0 Å². The average molecular weight is 315 g/mol. The summed E-state index contributed by atoms with van der Waals surface area (Å²) in [6.07, 6.45) is -4.38. The maximum atomic E-state index is 13.2. The number of halogens is 3. The molecule has 1 heterocycles. The van der Waals surface area contributed by atoms with Crippen molar-refractivity contribution >= 4 is 11.8 Å². The summed E-state index contributed by atoms with van der Waals surface area (Å²) in [4.78, 5) is 0.186. The van der Waals surface area contributed by atoms with E-state index >= 15 is 0 Å². The predicted molar refractivity (Wildman–Crippen MR) is 76.3 cm³/mol. The van der Waals surface area contributed by atoms with E-state index in [9.17, 15) is 13.2 Å². The smallest absolute Gasteiger partial charge is 0.316 e. The number of aryl methyl sites for hydroxylation is 2. The molecule has 1 N–H and O–H groups in total. The molecule has 2 aromatic rings. The van der Waals surface area contributed by atoms with Crippen molar-refractivity contribution in [1.82, 2.24) is 15.1 Å². The standard InChI is InChI=1S/C14H16F3N3S/c1-9-6-13(20(3)19-9)21-12-5-4-10(8-18-2)7-11(12)14(15,16)17/h4-7,18H,8H2,1-3H3. The molecule has 21 heavy (non-hydrogen) atoms. The summed E-state index contributed by atoms with van der Waals surface area (Å²) in [5, 5.41) is 7.69. The van der Waals surface area contributed by atoms with Gasteiger partial charge >= 0.3 is 6.18 Å². The summed E-state index contributed by atoms with van der Waals surface area (Å²) >= 11 is 1.08. The van der Waals surface area contributed by atoms with Gasteiger partial charge in [0.15, 0.2) is 0 Å². The minimum Gasteiger partial charge on any atom is -0.316 e. The number of aromatic nitrogens is 2. The van der Waals surface area contributed by atoms with Crippen molar-refractivity contribution in [1.29, 1.82) is 0 Å². The molecule has 3 nitrogen and oxygen atoms in total. The van der Waals surface area contributed by atoms with Crippen molar-refractivity contribution in [3.05, 3.63) is 41.1 Å². The van der Waals surface area contributed by atoms with Crippen LogP contribution in [0.3, 0.4) is 0 Å². The van der Waals surface area contributed by atoms with E-state index in [0.717, 1.165) is 17.5 Å². The molecule has 0 radical (unpaired) electrons. The van der Waals surface area contributed by atoms with E-state index in [2.05, 4.69) is 10.4 Å². The summed E-state index contributed by atoms with van der Waals surface area (Å²) in [5.74, 6) is 0. The van der Waals surface area contributed by atoms with Crippen molar-refractivity contribution in [2.45, 2.75) is 29.6 Å². The molecule has 0 fully saturated rings. The number of nitrogens with zero attached hydrogens (tertiary/aromatic N) is 2. The quantitative estimate of drug-likeness (QED) is 0.934. The van der Waals surface area contributed by atoms with Gasteiger partial charge in [0.1, 0.15) is 0 Å². The Morgan fingerprint density at radius 2 is 2.00 bits per heavy atom. The number of alkyl halides is 3. The first-order chi connectivity index (χ1) is 9.81. The van der Waals surface area contributed by atoms with Crippen molar-refractivity contribution in [3.63, 3.8) is 0 Å². The zero-order valence-corrected chi connectivity index (χ0v) is 12.8. The van der Waals surface area contributed by atoms with Gasteiger partial charge in [-0.25, -0.2) is 0 Å². The van der Waals surface area contributed by atoms with Gasteiger partial charge in [-0.1, -0.05) is 17.8 Å². The summed E-state index contributed by atoms with van der Waals surface area (Å²) in [7, 11) is 3.42. The Labute approximate surface area is 125 Å². The number of benzene rings is 1. The van der Waals surface area contributed by atoms with Crippen LogP contribution in [0, 0.1) is 6.92 Å². The highest BCUT2D eigenvalue weighted by molar-refractivity contribution is 7.99. The first kappa shape index (κ1) is 15.9. The van der Waals surface area contributed by atoms with Crippen LogP contribution in [-0.2, 0) is 19.8 Å². The highest BCUT2D eigenvalue weighted by Gasteiger charge is 2.34. The van der Waals surface area contributed by atoms with Gasteiger partial charge < -0.3 is 5.32 Å². The van der Waals surface area contributed by atoms with Crippen LogP contribution in [0.2, 0.25) is 0 Å². The average Bonchev–Trinajstić information content (AvgIpc) is 2.69. The molecule has 2 rings (SSSR count). The van der Waals surface area contributed by atoms with Gasteiger partial charge in [-0.05, 0) is 37.7 Å². The predicted octanol–water partition coefficient (Wildman–Crippen LogP) is 3.62. The van der Waals surface area contributed by atoms with E-state index in [1.807, 2.05) is 6.92 Å². The second kappa shape index (κ2) is 6.11. The highest BCUT2D eigenvalue weighted by atomic mass is 32.2. The zero-order valence-electron chi connectivity index (χ0n) is 12.0. The second-order valence-electron chi connectivity index (χ2n) is 4.71. The van der Waals surface area contributed by atoms with Gasteiger partial charge in [0.05, 0.1) is 16.3 Å². The van der Waals surface area contributed by atoms with E-state index in [0.29, 0.717) is 17.1 Å². The number of hydrogen-bond acceptors (Lipinski definition) is 3. The highest BCUT2D eigenvalue weighted by Crippen LogP contribution is 2.40. The summed E-state index contributed by atoms with van der Waals surface area (Å²) in [6.45, 7) is 2.21. The fraction of sp³-hybridized carbons (Fsp3) is 0.357. The zero-order chi connectivity index (χ0) is 15.6. The Morgan fingerprint density at radius 3 is 2.52 bits per heavy atom. The lowest BCUT2D eigenvalue weighted by atomic mass is 10.1. The lowest BCUT2D eigenvalue weighted by Crippen LogP contribution is -2.10. The van der Waals surface area contributed by atoms with Gasteiger partial charge in [-0.3, -0.25) is 4.68 Å². The molecule has 0 bridgehead atoms. The maximum absolute atomic E-state index is 13.2. The molecule has 0 aliphatic carbocycles. The fourth-order valence-electron chi connectivity index (χ4n) is 2.00. The van der Waals surface area contributed by atoms with Crippen LogP contribution in [0.1, 0.15) is 16.8 Å². The first-order valence-corrected chi connectivity index (χ1v) is 7.16. The molecule has 1 aromatic carbocycles. The Kier molecular flexibility index (Phi) is 4.63. The monoisotopic (exact) mass is 315 g/mol. The molecule has 0 atom stereocenters. The molecule has 1 aromatic heterocycles. The van der Waals surface area contributed by atoms with E-state index in [1.165, 1.54) is 12.1 Å². The first-order valence-electron chi connectivity index (χ1n) is 6.34. The molecule has 114 valence electrons.